The van der Waals surface area contributed by atoms with Crippen LogP contribution in [0.2, 0.25) is 0 Å². The Labute approximate surface area is 205 Å². The number of alkyl halides is 3. The number of benzene rings is 2. The summed E-state index contributed by atoms with van der Waals surface area (Å²) in [4.78, 5) is 17.0. The van der Waals surface area contributed by atoms with E-state index in [2.05, 4.69) is 11.0 Å². The van der Waals surface area contributed by atoms with Gasteiger partial charge >= 0.3 is 6.18 Å². The Bertz CT molecular complexity index is 980. The highest BCUT2D eigenvalue weighted by Gasteiger charge is 2.36. The van der Waals surface area contributed by atoms with Gasteiger partial charge in [0.1, 0.15) is 5.75 Å². The molecule has 0 spiro atoms. The maximum Gasteiger partial charge on any atom is 0.416 e. The summed E-state index contributed by atoms with van der Waals surface area (Å²) in [5.41, 5.74) is 1.09. The van der Waals surface area contributed by atoms with E-state index in [1.807, 2.05) is 36.9 Å². The average molecular weight is 493 g/mol. The van der Waals surface area contributed by atoms with Crippen molar-refractivity contribution >= 4 is 5.91 Å². The molecule has 2 aromatic carbocycles. The molecule has 5 nitrogen and oxygen atoms in total. The van der Waals surface area contributed by atoms with Crippen molar-refractivity contribution < 1.29 is 27.4 Å². The van der Waals surface area contributed by atoms with Crippen LogP contribution in [0.15, 0.2) is 48.5 Å². The van der Waals surface area contributed by atoms with E-state index in [-0.39, 0.29) is 23.7 Å². The zero-order valence-electron chi connectivity index (χ0n) is 20.8. The summed E-state index contributed by atoms with van der Waals surface area (Å²) in [6.07, 6.45) is -4.37. The van der Waals surface area contributed by atoms with Gasteiger partial charge in [-0.3, -0.25) is 9.69 Å². The van der Waals surface area contributed by atoms with E-state index in [0.29, 0.717) is 44.9 Å². The van der Waals surface area contributed by atoms with E-state index in [0.717, 1.165) is 17.4 Å². The zero-order chi connectivity index (χ0) is 25.6. The molecule has 1 saturated heterocycles. The smallest absolute Gasteiger partial charge is 0.416 e. The molecule has 0 saturated carbocycles. The highest BCUT2D eigenvalue weighted by atomic mass is 19.4. The van der Waals surface area contributed by atoms with Gasteiger partial charge in [0, 0.05) is 51.7 Å². The summed E-state index contributed by atoms with van der Waals surface area (Å²) in [5, 5.41) is 0. The van der Waals surface area contributed by atoms with Gasteiger partial charge in [-0.15, -0.1) is 0 Å². The maximum atomic E-state index is 13.2. The normalized spacial score (nSPS) is 18.7. The van der Waals surface area contributed by atoms with Crippen LogP contribution in [-0.4, -0.2) is 62.7 Å². The lowest BCUT2D eigenvalue weighted by Gasteiger charge is -2.30. The Morgan fingerprint density at radius 2 is 1.86 bits per heavy atom. The van der Waals surface area contributed by atoms with Crippen LogP contribution in [0.4, 0.5) is 13.2 Å². The molecule has 192 valence electrons. The molecule has 1 aliphatic rings. The lowest BCUT2D eigenvalue weighted by Crippen LogP contribution is -2.41. The number of nitrogens with zero attached hydrogens (tertiary/aromatic N) is 2. The topological polar surface area (TPSA) is 42.0 Å². The van der Waals surface area contributed by atoms with Gasteiger partial charge in [0.25, 0.3) is 0 Å². The number of methoxy groups -OCH3 is 2. The highest BCUT2D eigenvalue weighted by molar-refractivity contribution is 5.78. The van der Waals surface area contributed by atoms with Crippen molar-refractivity contribution in [3.05, 3.63) is 65.2 Å². The summed E-state index contributed by atoms with van der Waals surface area (Å²) in [6, 6.07) is 13.4. The molecule has 1 amide bonds. The molecule has 8 heteroatoms. The Balaban J connectivity index is 1.85. The van der Waals surface area contributed by atoms with Gasteiger partial charge in [0.2, 0.25) is 5.91 Å². The third-order valence-electron chi connectivity index (χ3n) is 6.52. The van der Waals surface area contributed by atoms with Crippen molar-refractivity contribution in [3.8, 4) is 5.75 Å². The summed E-state index contributed by atoms with van der Waals surface area (Å²) in [7, 11) is 3.24. The van der Waals surface area contributed by atoms with Gasteiger partial charge in [0.05, 0.1) is 19.3 Å². The van der Waals surface area contributed by atoms with E-state index in [4.69, 9.17) is 9.47 Å². The molecule has 35 heavy (non-hydrogen) atoms. The summed E-state index contributed by atoms with van der Waals surface area (Å²) < 4.78 is 50.3. The fraction of sp³-hybridized carbons (Fsp3) is 0.519. The molecule has 0 bridgehead atoms. The quantitative estimate of drug-likeness (QED) is 0.465. The number of ether oxygens (including phenoxy) is 2. The van der Waals surface area contributed by atoms with Gasteiger partial charge in [0.15, 0.2) is 0 Å². The first-order valence-corrected chi connectivity index (χ1v) is 11.9. The van der Waals surface area contributed by atoms with Crippen LogP contribution < -0.4 is 4.74 Å². The number of carbonyl (C=O) groups excluding carboxylic acids is 1. The Hall–Kier alpha value is -2.58. The molecule has 3 rings (SSSR count). The lowest BCUT2D eigenvalue weighted by molar-refractivity contribution is -0.137. The van der Waals surface area contributed by atoms with Crippen LogP contribution in [0.5, 0.6) is 5.75 Å². The Morgan fingerprint density at radius 3 is 2.51 bits per heavy atom. The van der Waals surface area contributed by atoms with Crippen molar-refractivity contribution in [2.45, 2.75) is 32.5 Å². The summed E-state index contributed by atoms with van der Waals surface area (Å²) >= 11 is 0. The minimum Gasteiger partial charge on any atom is -0.497 e. The molecule has 2 atom stereocenters. The number of hydrogen-bond donors (Lipinski definition) is 0. The van der Waals surface area contributed by atoms with Gasteiger partial charge in [-0.1, -0.05) is 44.2 Å². The fourth-order valence-electron chi connectivity index (χ4n) is 4.77. The minimum absolute atomic E-state index is 0.0720. The summed E-state index contributed by atoms with van der Waals surface area (Å²) in [5.74, 6) is 0.924. The molecular weight excluding hydrogens is 457 g/mol. The monoisotopic (exact) mass is 492 g/mol. The predicted octanol–water partition coefficient (Wildman–Crippen LogP) is 5.06. The van der Waals surface area contributed by atoms with Gasteiger partial charge < -0.3 is 14.4 Å². The minimum atomic E-state index is -4.37. The molecule has 1 aliphatic heterocycles. The molecule has 0 radical (unpaired) electrons. The second-order valence-corrected chi connectivity index (χ2v) is 9.47. The number of hydrogen-bond acceptors (Lipinski definition) is 4. The molecule has 0 aliphatic carbocycles. The van der Waals surface area contributed by atoms with Crippen LogP contribution in [0, 0.1) is 11.8 Å². The molecule has 1 fully saturated rings. The van der Waals surface area contributed by atoms with Crippen molar-refractivity contribution in [2.24, 2.45) is 11.8 Å². The molecule has 1 heterocycles. The van der Waals surface area contributed by atoms with E-state index >= 15 is 0 Å². The van der Waals surface area contributed by atoms with Crippen molar-refractivity contribution in [1.82, 2.24) is 9.80 Å². The van der Waals surface area contributed by atoms with Crippen LogP contribution in [0.25, 0.3) is 0 Å². The predicted molar refractivity (Wildman–Crippen MR) is 129 cm³/mol. The number of halogens is 3. The molecule has 2 unspecified atom stereocenters. The SMILES string of the molecule is COCCN(CC1CN(Cc2cccc(C(F)(F)F)c2)CC1c1cccc(OC)c1)C(=O)C(C)C. The van der Waals surface area contributed by atoms with Crippen LogP contribution in [0.3, 0.4) is 0 Å². The zero-order valence-corrected chi connectivity index (χ0v) is 20.8. The van der Waals surface area contributed by atoms with Gasteiger partial charge in [-0.2, -0.15) is 13.2 Å². The second-order valence-electron chi connectivity index (χ2n) is 9.47. The number of carbonyl (C=O) groups is 1. The Morgan fingerprint density at radius 1 is 1.11 bits per heavy atom. The van der Waals surface area contributed by atoms with Crippen LogP contribution >= 0.6 is 0 Å². The van der Waals surface area contributed by atoms with E-state index in [1.54, 1.807) is 20.3 Å². The first kappa shape index (κ1) is 27.0. The van der Waals surface area contributed by atoms with E-state index < -0.39 is 11.7 Å². The molecule has 0 aromatic heterocycles. The third kappa shape index (κ3) is 7.21. The fourth-order valence-corrected chi connectivity index (χ4v) is 4.77. The Kier molecular flexibility index (Phi) is 9.19. The number of amides is 1. The van der Waals surface area contributed by atoms with Crippen LogP contribution in [-0.2, 0) is 22.3 Å². The van der Waals surface area contributed by atoms with Crippen molar-refractivity contribution in [1.29, 1.82) is 0 Å². The average Bonchev–Trinajstić information content (AvgIpc) is 3.22. The maximum absolute atomic E-state index is 13.2. The second kappa shape index (κ2) is 11.9. The van der Waals surface area contributed by atoms with Gasteiger partial charge in [-0.05, 0) is 35.2 Å². The van der Waals surface area contributed by atoms with Crippen LogP contribution in [0.1, 0.15) is 36.5 Å². The van der Waals surface area contributed by atoms with Crippen molar-refractivity contribution in [3.63, 3.8) is 0 Å². The van der Waals surface area contributed by atoms with E-state index in [9.17, 15) is 18.0 Å². The first-order valence-electron chi connectivity index (χ1n) is 11.9. The van der Waals surface area contributed by atoms with Gasteiger partial charge in [-0.25, -0.2) is 0 Å². The standard InChI is InChI=1S/C27H35F3N2O3/c1-19(2)26(33)32(11-12-34-3)17-22-16-31(15-20-7-5-9-23(13-20)27(28,29)30)18-25(22)21-8-6-10-24(14-21)35-4/h5-10,13-14,19,22,25H,11-12,15-18H2,1-4H3. The van der Waals surface area contributed by atoms with Crippen molar-refractivity contribution in [2.75, 3.05) is 47.0 Å². The molecule has 0 N–H and O–H groups in total. The van der Waals surface area contributed by atoms with E-state index in [1.165, 1.54) is 12.1 Å². The molecular formula is C27H35F3N2O3. The first-order chi connectivity index (χ1) is 16.6. The lowest BCUT2D eigenvalue weighted by atomic mass is 9.88. The number of rotatable bonds is 10. The third-order valence-corrected chi connectivity index (χ3v) is 6.52. The molecule has 2 aromatic rings. The highest BCUT2D eigenvalue weighted by Crippen LogP contribution is 2.36. The number of likely N-dealkylation sites (tertiary alicyclic amines) is 1. The summed E-state index contributed by atoms with van der Waals surface area (Å²) in [6.45, 7) is 7.05. The largest absolute Gasteiger partial charge is 0.497 e.